The van der Waals surface area contributed by atoms with Gasteiger partial charge in [-0.1, -0.05) is 0 Å². The topological polar surface area (TPSA) is 64.6 Å². The standard InChI is InChI=1S/C21H27FN6O/c1-26-12-14-28(15-13-26)25-21(29)17-8-10-27(11-9-17)20-7-6-19(23-24-20)16-2-4-18(22)5-3-16/h2-7,17H,8-15H2,1H3,(H,25,29). The minimum atomic E-state index is -0.266. The molecule has 2 fully saturated rings. The van der Waals surface area contributed by atoms with Gasteiger partial charge in [0, 0.05) is 50.7 Å². The van der Waals surface area contributed by atoms with Crippen molar-refractivity contribution in [3.05, 3.63) is 42.2 Å². The summed E-state index contributed by atoms with van der Waals surface area (Å²) in [5.41, 5.74) is 4.64. The molecule has 2 aromatic rings. The van der Waals surface area contributed by atoms with Crippen LogP contribution in [0.5, 0.6) is 0 Å². The number of piperidine rings is 1. The first kappa shape index (κ1) is 19.7. The molecule has 2 saturated heterocycles. The number of aromatic nitrogens is 2. The Labute approximate surface area is 170 Å². The maximum atomic E-state index is 13.1. The number of nitrogens with zero attached hydrogens (tertiary/aromatic N) is 5. The quantitative estimate of drug-likeness (QED) is 0.847. The zero-order valence-corrected chi connectivity index (χ0v) is 16.7. The largest absolute Gasteiger partial charge is 0.355 e. The summed E-state index contributed by atoms with van der Waals surface area (Å²) >= 11 is 0. The summed E-state index contributed by atoms with van der Waals surface area (Å²) in [6, 6.07) is 10.1. The average molecular weight is 398 g/mol. The van der Waals surface area contributed by atoms with Crippen LogP contribution in [0.4, 0.5) is 10.2 Å². The molecule has 1 amide bonds. The third kappa shape index (κ3) is 4.89. The van der Waals surface area contributed by atoms with Gasteiger partial charge in [0.15, 0.2) is 5.82 Å². The fourth-order valence-electron chi connectivity index (χ4n) is 3.80. The zero-order chi connectivity index (χ0) is 20.2. The smallest absolute Gasteiger partial charge is 0.237 e. The van der Waals surface area contributed by atoms with Crippen LogP contribution in [0.2, 0.25) is 0 Å². The first-order chi connectivity index (χ1) is 14.1. The number of likely N-dealkylation sites (N-methyl/N-ethyl adjacent to an activating group) is 1. The van der Waals surface area contributed by atoms with Crippen molar-refractivity contribution < 1.29 is 9.18 Å². The minimum Gasteiger partial charge on any atom is -0.355 e. The number of halogens is 1. The number of carbonyl (C=O) groups excluding carboxylic acids is 1. The molecule has 1 N–H and O–H groups in total. The van der Waals surface area contributed by atoms with Gasteiger partial charge >= 0.3 is 0 Å². The number of hydrazine groups is 1. The van der Waals surface area contributed by atoms with E-state index in [1.165, 1.54) is 12.1 Å². The van der Waals surface area contributed by atoms with E-state index in [4.69, 9.17) is 0 Å². The summed E-state index contributed by atoms with van der Waals surface area (Å²) in [5.74, 6) is 0.718. The number of hydrogen-bond acceptors (Lipinski definition) is 6. The van der Waals surface area contributed by atoms with E-state index >= 15 is 0 Å². The first-order valence-corrected chi connectivity index (χ1v) is 10.2. The molecule has 0 aliphatic carbocycles. The van der Waals surface area contributed by atoms with Crippen molar-refractivity contribution in [1.29, 1.82) is 0 Å². The van der Waals surface area contributed by atoms with Crippen LogP contribution in [-0.2, 0) is 4.79 Å². The van der Waals surface area contributed by atoms with Crippen molar-refractivity contribution in [1.82, 2.24) is 25.5 Å². The number of benzene rings is 1. The molecule has 29 heavy (non-hydrogen) atoms. The van der Waals surface area contributed by atoms with Crippen LogP contribution in [0, 0.1) is 11.7 Å². The highest BCUT2D eigenvalue weighted by molar-refractivity contribution is 5.78. The summed E-state index contributed by atoms with van der Waals surface area (Å²) in [4.78, 5) is 17.0. The number of carbonyl (C=O) groups is 1. The number of amides is 1. The fourth-order valence-corrected chi connectivity index (χ4v) is 3.80. The van der Waals surface area contributed by atoms with E-state index in [2.05, 4.69) is 32.5 Å². The Morgan fingerprint density at radius 2 is 1.66 bits per heavy atom. The molecule has 2 aliphatic rings. The van der Waals surface area contributed by atoms with Gasteiger partial charge in [0.25, 0.3) is 0 Å². The lowest BCUT2D eigenvalue weighted by atomic mass is 9.96. The molecule has 4 rings (SSSR count). The number of piperazine rings is 1. The van der Waals surface area contributed by atoms with Gasteiger partial charge < -0.3 is 9.80 Å². The summed E-state index contributed by atoms with van der Waals surface area (Å²) in [5, 5.41) is 10.7. The Balaban J connectivity index is 1.29. The second-order valence-corrected chi connectivity index (χ2v) is 7.81. The molecule has 1 aromatic carbocycles. The Bertz CT molecular complexity index is 812. The molecule has 8 heteroatoms. The molecule has 0 atom stereocenters. The van der Waals surface area contributed by atoms with E-state index in [1.54, 1.807) is 12.1 Å². The molecular formula is C21H27FN6O. The number of hydrogen-bond donors (Lipinski definition) is 1. The Kier molecular flexibility index (Phi) is 6.01. The van der Waals surface area contributed by atoms with Crippen LogP contribution in [0.3, 0.4) is 0 Å². The van der Waals surface area contributed by atoms with Crippen LogP contribution < -0.4 is 10.3 Å². The Morgan fingerprint density at radius 3 is 2.28 bits per heavy atom. The summed E-state index contributed by atoms with van der Waals surface area (Å²) in [6.07, 6.45) is 1.61. The number of anilines is 1. The van der Waals surface area contributed by atoms with Crippen molar-refractivity contribution in [2.24, 2.45) is 5.92 Å². The highest BCUT2D eigenvalue weighted by atomic mass is 19.1. The van der Waals surface area contributed by atoms with Crippen LogP contribution in [0.15, 0.2) is 36.4 Å². The van der Waals surface area contributed by atoms with E-state index in [9.17, 15) is 9.18 Å². The molecular weight excluding hydrogens is 371 g/mol. The Hall–Kier alpha value is -2.58. The SMILES string of the molecule is CN1CCN(NC(=O)C2CCN(c3ccc(-c4ccc(F)cc4)nn3)CC2)CC1. The predicted molar refractivity (Wildman–Crippen MR) is 110 cm³/mol. The van der Waals surface area contributed by atoms with Gasteiger partial charge in [-0.15, -0.1) is 10.2 Å². The van der Waals surface area contributed by atoms with Gasteiger partial charge in [0.1, 0.15) is 5.82 Å². The lowest BCUT2D eigenvalue weighted by Crippen LogP contribution is -2.54. The summed E-state index contributed by atoms with van der Waals surface area (Å²) < 4.78 is 13.1. The molecule has 7 nitrogen and oxygen atoms in total. The predicted octanol–water partition coefficient (Wildman–Crippen LogP) is 1.78. The molecule has 1 aromatic heterocycles. The van der Waals surface area contributed by atoms with Gasteiger partial charge in [0.2, 0.25) is 5.91 Å². The van der Waals surface area contributed by atoms with Crippen molar-refractivity contribution in [3.63, 3.8) is 0 Å². The molecule has 0 spiro atoms. The molecule has 0 bridgehead atoms. The molecule has 3 heterocycles. The van der Waals surface area contributed by atoms with Crippen LogP contribution in [0.25, 0.3) is 11.3 Å². The van der Waals surface area contributed by atoms with Crippen LogP contribution >= 0.6 is 0 Å². The minimum absolute atomic E-state index is 0.0392. The highest BCUT2D eigenvalue weighted by Gasteiger charge is 2.27. The fraction of sp³-hybridized carbons (Fsp3) is 0.476. The zero-order valence-electron chi connectivity index (χ0n) is 16.7. The van der Waals surface area contributed by atoms with E-state index in [0.29, 0.717) is 0 Å². The number of nitrogens with one attached hydrogen (secondary N) is 1. The number of rotatable bonds is 4. The maximum Gasteiger partial charge on any atom is 0.237 e. The second kappa shape index (κ2) is 8.84. The Morgan fingerprint density at radius 1 is 0.966 bits per heavy atom. The van der Waals surface area contributed by atoms with E-state index in [1.807, 2.05) is 17.1 Å². The molecule has 2 aliphatic heterocycles. The van der Waals surface area contributed by atoms with E-state index < -0.39 is 0 Å². The summed E-state index contributed by atoms with van der Waals surface area (Å²) in [7, 11) is 2.10. The summed E-state index contributed by atoms with van der Waals surface area (Å²) in [6.45, 7) is 5.27. The molecule has 0 radical (unpaired) electrons. The van der Waals surface area contributed by atoms with Crippen LogP contribution in [-0.4, -0.2) is 72.3 Å². The van der Waals surface area contributed by atoms with Crippen molar-refractivity contribution in [2.75, 3.05) is 51.2 Å². The van der Waals surface area contributed by atoms with Gasteiger partial charge in [-0.05, 0) is 56.3 Å². The van der Waals surface area contributed by atoms with E-state index in [0.717, 1.165) is 69.2 Å². The maximum absolute atomic E-state index is 13.1. The van der Waals surface area contributed by atoms with Crippen molar-refractivity contribution in [2.45, 2.75) is 12.8 Å². The average Bonchev–Trinajstić information content (AvgIpc) is 2.76. The molecule has 0 saturated carbocycles. The van der Waals surface area contributed by atoms with Gasteiger partial charge in [-0.2, -0.15) is 0 Å². The molecule has 154 valence electrons. The van der Waals surface area contributed by atoms with Gasteiger partial charge in [0.05, 0.1) is 5.69 Å². The third-order valence-electron chi connectivity index (χ3n) is 5.75. The lowest BCUT2D eigenvalue weighted by molar-refractivity contribution is -0.131. The highest BCUT2D eigenvalue weighted by Crippen LogP contribution is 2.23. The van der Waals surface area contributed by atoms with Gasteiger partial charge in [-0.25, -0.2) is 9.40 Å². The van der Waals surface area contributed by atoms with Gasteiger partial charge in [-0.3, -0.25) is 10.2 Å². The van der Waals surface area contributed by atoms with E-state index in [-0.39, 0.29) is 17.6 Å². The van der Waals surface area contributed by atoms with Crippen LogP contribution in [0.1, 0.15) is 12.8 Å². The van der Waals surface area contributed by atoms with Crippen molar-refractivity contribution >= 4 is 11.7 Å². The molecule has 0 unspecified atom stereocenters. The third-order valence-corrected chi connectivity index (χ3v) is 5.75. The van der Waals surface area contributed by atoms with Crippen molar-refractivity contribution in [3.8, 4) is 11.3 Å². The second-order valence-electron chi connectivity index (χ2n) is 7.81. The first-order valence-electron chi connectivity index (χ1n) is 10.2. The monoisotopic (exact) mass is 398 g/mol. The lowest BCUT2D eigenvalue weighted by Gasteiger charge is -2.35. The normalized spacial score (nSPS) is 19.3.